The molecule has 1 heterocycles. The molecule has 1 aromatic rings. The van der Waals surface area contributed by atoms with E-state index in [0.717, 1.165) is 6.07 Å². The monoisotopic (exact) mass is 577 g/mol. The number of aliphatic imine (C=N–C) groups is 1. The minimum absolute atomic E-state index is 0. The van der Waals surface area contributed by atoms with E-state index in [0.29, 0.717) is 25.5 Å². The van der Waals surface area contributed by atoms with Gasteiger partial charge in [0.05, 0.1) is 23.6 Å². The fourth-order valence-electron chi connectivity index (χ4n) is 3.15. The Morgan fingerprint density at radius 3 is 2.42 bits per heavy atom. The molecule has 0 spiro atoms. The Hall–Kier alpha value is -1.24. The number of alkyl halides is 3. The molecule has 6 nitrogen and oxygen atoms in total. The molecule has 11 heteroatoms. The van der Waals surface area contributed by atoms with Crippen molar-refractivity contribution in [1.29, 1.82) is 0 Å². The van der Waals surface area contributed by atoms with Gasteiger partial charge in [-0.05, 0) is 57.7 Å². The van der Waals surface area contributed by atoms with E-state index >= 15 is 0 Å². The van der Waals surface area contributed by atoms with E-state index in [2.05, 4.69) is 15.6 Å². The molecule has 2 rings (SSSR count). The number of benzene rings is 1. The summed E-state index contributed by atoms with van der Waals surface area (Å²) in [6.07, 6.45) is -3.96. The quantitative estimate of drug-likeness (QED) is 0.304. The zero-order chi connectivity index (χ0) is 22.6. The molecule has 31 heavy (non-hydrogen) atoms. The average Bonchev–Trinajstić information content (AvgIpc) is 2.95. The van der Waals surface area contributed by atoms with Gasteiger partial charge in [-0.3, -0.25) is 0 Å². The van der Waals surface area contributed by atoms with Crippen LogP contribution in [0.1, 0.15) is 45.2 Å². The zero-order valence-corrected chi connectivity index (χ0v) is 21.3. The molecule has 2 N–H and O–H groups in total. The predicted octanol–water partition coefficient (Wildman–Crippen LogP) is 3.99. The van der Waals surface area contributed by atoms with Gasteiger partial charge in [0.15, 0.2) is 15.8 Å². The second kappa shape index (κ2) is 11.1. The summed E-state index contributed by atoms with van der Waals surface area (Å²) in [6.45, 7) is 7.89. The van der Waals surface area contributed by atoms with Gasteiger partial charge in [-0.15, -0.1) is 24.0 Å². The van der Waals surface area contributed by atoms with Crippen LogP contribution in [0.5, 0.6) is 5.75 Å². The van der Waals surface area contributed by atoms with Crippen molar-refractivity contribution in [3.63, 3.8) is 0 Å². The van der Waals surface area contributed by atoms with Crippen molar-refractivity contribution in [1.82, 2.24) is 10.6 Å². The number of hydrogen-bond donors (Lipinski definition) is 2. The lowest BCUT2D eigenvalue weighted by atomic mass is 10.1. The molecule has 0 aliphatic carbocycles. The smallest absolute Gasteiger partial charge is 0.416 e. The van der Waals surface area contributed by atoms with Crippen LogP contribution in [-0.4, -0.2) is 44.6 Å². The normalized spacial score (nSPS) is 18.9. The summed E-state index contributed by atoms with van der Waals surface area (Å²) < 4.78 is 69.4. The second-order valence-electron chi connectivity index (χ2n) is 8.38. The summed E-state index contributed by atoms with van der Waals surface area (Å²) in [7, 11) is -2.99. The maximum absolute atomic E-state index is 13.6. The molecule has 178 valence electrons. The number of ether oxygens (including phenoxy) is 1. The van der Waals surface area contributed by atoms with E-state index in [9.17, 15) is 21.6 Å². The summed E-state index contributed by atoms with van der Waals surface area (Å²) in [5, 5.41) is 6.02. The molecule has 1 unspecified atom stereocenters. The van der Waals surface area contributed by atoms with Gasteiger partial charge in [-0.25, -0.2) is 13.4 Å². The third-order valence-electron chi connectivity index (χ3n) is 4.45. The Labute approximate surface area is 199 Å². The number of nitrogens with one attached hydrogen (secondary N) is 2. The highest BCUT2D eigenvalue weighted by atomic mass is 127. The highest BCUT2D eigenvalue weighted by Crippen LogP contribution is 2.35. The van der Waals surface area contributed by atoms with Crippen LogP contribution in [-0.2, 0) is 22.6 Å². The van der Waals surface area contributed by atoms with Crippen LogP contribution in [0.4, 0.5) is 13.2 Å². The third kappa shape index (κ3) is 9.42. The van der Waals surface area contributed by atoms with Crippen LogP contribution in [0.3, 0.4) is 0 Å². The lowest BCUT2D eigenvalue weighted by molar-refractivity contribution is -0.138. The Morgan fingerprint density at radius 1 is 1.23 bits per heavy atom. The van der Waals surface area contributed by atoms with Crippen LogP contribution in [0, 0.1) is 5.92 Å². The van der Waals surface area contributed by atoms with Crippen molar-refractivity contribution < 1.29 is 26.3 Å². The van der Waals surface area contributed by atoms with Crippen LogP contribution in [0.2, 0.25) is 0 Å². The van der Waals surface area contributed by atoms with Gasteiger partial charge < -0.3 is 15.4 Å². The molecule has 0 amide bonds. The van der Waals surface area contributed by atoms with Gasteiger partial charge in [0.25, 0.3) is 0 Å². The van der Waals surface area contributed by atoms with Crippen molar-refractivity contribution >= 4 is 39.8 Å². The van der Waals surface area contributed by atoms with Crippen LogP contribution < -0.4 is 15.4 Å². The van der Waals surface area contributed by atoms with Crippen LogP contribution in [0.25, 0.3) is 0 Å². The molecule has 1 aromatic carbocycles. The number of sulfone groups is 1. The van der Waals surface area contributed by atoms with Gasteiger partial charge in [-0.1, -0.05) is 6.07 Å². The van der Waals surface area contributed by atoms with E-state index in [1.807, 2.05) is 6.92 Å². The van der Waals surface area contributed by atoms with Crippen molar-refractivity contribution in [2.45, 2.75) is 52.4 Å². The predicted molar refractivity (Wildman–Crippen MR) is 127 cm³/mol. The van der Waals surface area contributed by atoms with E-state index in [4.69, 9.17) is 4.74 Å². The Balaban J connectivity index is 0.00000480. The fraction of sp³-hybridized carbons (Fsp3) is 0.650. The van der Waals surface area contributed by atoms with Crippen LogP contribution in [0.15, 0.2) is 23.2 Å². The molecule has 1 aliphatic heterocycles. The summed E-state index contributed by atoms with van der Waals surface area (Å²) in [5.41, 5.74) is -1.37. The first-order valence-corrected chi connectivity index (χ1v) is 11.7. The SMILES string of the molecule is CCNC(=NCc1ccc(OC(C)(C)C)cc1C(F)(F)F)NCC1CCS(=O)(=O)C1.I. The first kappa shape index (κ1) is 27.8. The van der Waals surface area contributed by atoms with E-state index in [1.54, 1.807) is 20.8 Å². The number of nitrogens with zero attached hydrogens (tertiary/aromatic N) is 1. The number of guanidine groups is 1. The maximum atomic E-state index is 13.6. The van der Waals surface area contributed by atoms with Crippen molar-refractivity contribution in [3.05, 3.63) is 29.3 Å². The molecule has 1 aliphatic rings. The molecule has 0 aromatic heterocycles. The van der Waals surface area contributed by atoms with E-state index < -0.39 is 27.2 Å². The van der Waals surface area contributed by atoms with Gasteiger partial charge >= 0.3 is 6.18 Å². The molecule has 1 atom stereocenters. The molecule has 0 radical (unpaired) electrons. The maximum Gasteiger partial charge on any atom is 0.416 e. The summed E-state index contributed by atoms with van der Waals surface area (Å²) in [6, 6.07) is 3.88. The standard InChI is InChI=1S/C20H30F3N3O3S.HI/c1-5-24-18(25-11-14-8-9-30(27,28)13-14)26-12-15-6-7-16(29-19(2,3)4)10-17(15)20(21,22)23;/h6-7,10,14H,5,8-9,11-13H2,1-4H3,(H2,24,25,26);1H. The summed E-state index contributed by atoms with van der Waals surface area (Å²) >= 11 is 0. The Bertz CT molecular complexity index is 869. The van der Waals surface area contributed by atoms with Gasteiger partial charge in [0.1, 0.15) is 11.4 Å². The Kier molecular flexibility index (Phi) is 9.92. The summed E-state index contributed by atoms with van der Waals surface area (Å²) in [4.78, 5) is 4.26. The number of rotatable bonds is 6. The minimum Gasteiger partial charge on any atom is -0.488 e. The highest BCUT2D eigenvalue weighted by Gasteiger charge is 2.34. The lowest BCUT2D eigenvalue weighted by Crippen LogP contribution is -2.40. The van der Waals surface area contributed by atoms with E-state index in [1.165, 1.54) is 12.1 Å². The van der Waals surface area contributed by atoms with Crippen molar-refractivity contribution in [3.8, 4) is 5.75 Å². The first-order chi connectivity index (χ1) is 13.8. The van der Waals surface area contributed by atoms with Gasteiger partial charge in [0.2, 0.25) is 0 Å². The number of hydrogen-bond acceptors (Lipinski definition) is 4. The molecular weight excluding hydrogens is 546 g/mol. The Morgan fingerprint density at radius 2 is 1.90 bits per heavy atom. The van der Waals surface area contributed by atoms with Crippen molar-refractivity contribution in [2.24, 2.45) is 10.9 Å². The first-order valence-electron chi connectivity index (χ1n) is 9.91. The summed E-state index contributed by atoms with van der Waals surface area (Å²) in [5.74, 6) is 0.760. The molecule has 1 saturated heterocycles. The topological polar surface area (TPSA) is 79.8 Å². The lowest BCUT2D eigenvalue weighted by Gasteiger charge is -2.22. The van der Waals surface area contributed by atoms with Gasteiger partial charge in [-0.2, -0.15) is 13.2 Å². The molecule has 1 fully saturated rings. The second-order valence-corrected chi connectivity index (χ2v) is 10.6. The third-order valence-corrected chi connectivity index (χ3v) is 6.28. The number of halogens is 4. The molecular formula is C20H31F3IN3O3S. The van der Waals surface area contributed by atoms with Gasteiger partial charge in [0, 0.05) is 13.1 Å². The molecule has 0 bridgehead atoms. The van der Waals surface area contributed by atoms with Crippen LogP contribution >= 0.6 is 24.0 Å². The fourth-order valence-corrected chi connectivity index (χ4v) is 5.02. The van der Waals surface area contributed by atoms with E-state index in [-0.39, 0.29) is 59.3 Å². The van der Waals surface area contributed by atoms with Crippen molar-refractivity contribution in [2.75, 3.05) is 24.6 Å². The zero-order valence-electron chi connectivity index (χ0n) is 18.2. The molecule has 0 saturated carbocycles. The average molecular weight is 577 g/mol. The largest absolute Gasteiger partial charge is 0.488 e. The minimum atomic E-state index is -4.54. The highest BCUT2D eigenvalue weighted by molar-refractivity contribution is 14.0.